The number of esters is 1. The van der Waals surface area contributed by atoms with E-state index in [0.29, 0.717) is 5.75 Å². The molecule has 2 unspecified atom stereocenters. The largest absolute Gasteiger partial charge is 0.462 e. The number of aromatic nitrogens is 4. The van der Waals surface area contributed by atoms with E-state index in [1.165, 1.54) is 10.9 Å². The van der Waals surface area contributed by atoms with Crippen LogP contribution in [-0.4, -0.2) is 67.7 Å². The van der Waals surface area contributed by atoms with Gasteiger partial charge >= 0.3 is 12.6 Å². The topological polar surface area (TPSA) is 176 Å². The number of aliphatic hydroxyl groups is 1. The Balaban J connectivity index is 1.52. The van der Waals surface area contributed by atoms with E-state index in [1.807, 2.05) is 0 Å². The van der Waals surface area contributed by atoms with Crippen molar-refractivity contribution in [3.8, 4) is 5.75 Å². The van der Waals surface area contributed by atoms with Crippen LogP contribution in [0.25, 0.3) is 11.2 Å². The lowest BCUT2D eigenvalue weighted by Gasteiger charge is -2.28. The average molecular weight is 571 g/mol. The number of ether oxygens (including phenoxy) is 2. The summed E-state index contributed by atoms with van der Waals surface area (Å²) in [6.07, 6.45) is -5.29. The number of carbonyl (C=O) groups is 1. The first-order valence-corrected chi connectivity index (χ1v) is 14.3. The fraction of sp³-hybridized carbons (Fsp3) is 0.455. The minimum absolute atomic E-state index is 0.00986. The second-order valence-corrected chi connectivity index (χ2v) is 11.9. The number of nitrogens with two attached hydrogens (primary N) is 1. The number of nitrogens with zero attached hydrogens (tertiary/aromatic N) is 3. The van der Waals surface area contributed by atoms with Gasteiger partial charge in [-0.15, -0.1) is 0 Å². The molecule has 0 saturated carbocycles. The summed E-state index contributed by atoms with van der Waals surface area (Å²) in [6.45, 7) is 1.13. The van der Waals surface area contributed by atoms with Crippen LogP contribution in [0.1, 0.15) is 27.0 Å². The first-order valence-electron chi connectivity index (χ1n) is 11.6. The number of hydrogen-bond donors (Lipinski definition) is 4. The van der Waals surface area contributed by atoms with Crippen LogP contribution in [0.5, 0.6) is 5.75 Å². The number of halogens is 1. The number of hydrogen-bond acceptors (Lipinski definition) is 11. The fourth-order valence-corrected chi connectivity index (χ4v) is 6.12. The van der Waals surface area contributed by atoms with Gasteiger partial charge in [-0.05, 0) is 44.7 Å². The number of imidazole rings is 1. The van der Waals surface area contributed by atoms with Crippen LogP contribution >= 0.6 is 6.64 Å². The zero-order valence-corrected chi connectivity index (χ0v) is 22.4. The van der Waals surface area contributed by atoms with Gasteiger partial charge in [-0.1, -0.05) is 18.2 Å². The van der Waals surface area contributed by atoms with E-state index in [1.54, 1.807) is 51.1 Å². The van der Waals surface area contributed by atoms with Crippen LogP contribution in [0.4, 0.5) is 10.3 Å². The number of fused-ring (bicyclic) bond motifs is 1. The van der Waals surface area contributed by atoms with Gasteiger partial charge in [0.15, 0.2) is 23.6 Å². The van der Waals surface area contributed by atoms with Crippen LogP contribution in [0.2, 0.25) is 0 Å². The predicted octanol–water partition coefficient (Wildman–Crippen LogP) is 1.55. The SMILES string of the molecule is CC(C)OC(=O)C(C)NP(=S)(OC[C@H]1O[C@@H](n2cnc3c(=O)[nH]c(N)nc32)[C@H](F)[C@@H]1O)Oc1ccccc1. The van der Waals surface area contributed by atoms with Crippen molar-refractivity contribution in [1.29, 1.82) is 0 Å². The molecule has 3 aromatic rings. The molecular weight excluding hydrogens is 542 g/mol. The number of rotatable bonds is 10. The van der Waals surface area contributed by atoms with Crippen molar-refractivity contribution >= 4 is 41.5 Å². The molecule has 38 heavy (non-hydrogen) atoms. The molecule has 5 N–H and O–H groups in total. The number of aromatic amines is 1. The highest BCUT2D eigenvalue weighted by atomic mass is 32.5. The van der Waals surface area contributed by atoms with E-state index in [0.717, 1.165) is 0 Å². The molecule has 16 heteroatoms. The average Bonchev–Trinajstić information content (AvgIpc) is 3.39. The van der Waals surface area contributed by atoms with Gasteiger partial charge in [0.1, 0.15) is 24.0 Å². The summed E-state index contributed by atoms with van der Waals surface area (Å²) in [7, 11) is 0. The normalized spacial score (nSPS) is 23.8. The lowest BCUT2D eigenvalue weighted by Crippen LogP contribution is -2.37. The van der Waals surface area contributed by atoms with E-state index in [4.69, 9.17) is 36.1 Å². The van der Waals surface area contributed by atoms with Crippen LogP contribution in [-0.2, 0) is 30.6 Å². The maximum atomic E-state index is 15.2. The summed E-state index contributed by atoms with van der Waals surface area (Å²) >= 11 is 5.64. The van der Waals surface area contributed by atoms with Gasteiger partial charge in [0.2, 0.25) is 5.95 Å². The number of nitrogen functional groups attached to an aromatic ring is 1. The second kappa shape index (κ2) is 11.4. The Morgan fingerprint density at radius 3 is 2.76 bits per heavy atom. The number of anilines is 1. The molecule has 1 fully saturated rings. The molecule has 2 aromatic heterocycles. The Bertz CT molecular complexity index is 1390. The highest BCUT2D eigenvalue weighted by Crippen LogP contribution is 2.46. The number of benzene rings is 1. The second-order valence-electron chi connectivity index (χ2n) is 8.81. The molecule has 6 atom stereocenters. The van der Waals surface area contributed by atoms with Crippen molar-refractivity contribution < 1.29 is 32.8 Å². The van der Waals surface area contributed by atoms with E-state index < -0.39 is 48.8 Å². The van der Waals surface area contributed by atoms with Crippen molar-refractivity contribution in [3.05, 3.63) is 47.0 Å². The molecule has 0 bridgehead atoms. The molecule has 206 valence electrons. The lowest BCUT2D eigenvalue weighted by molar-refractivity contribution is -0.149. The first kappa shape index (κ1) is 28.1. The molecule has 1 aromatic carbocycles. The monoisotopic (exact) mass is 570 g/mol. The van der Waals surface area contributed by atoms with Crippen molar-refractivity contribution in [2.24, 2.45) is 0 Å². The number of nitrogens with one attached hydrogen (secondary N) is 2. The minimum atomic E-state index is -3.45. The standard InChI is InChI=1S/C22H28FN6O7PS/c1-11(2)34-21(32)12(3)28-37(38,36-13-7-5-4-6-8-13)33-9-14-17(30)15(23)20(35-14)29-10-25-16-18(29)26-22(24)27-19(16)31/h4-8,10-12,14-15,17,20,30H,9H2,1-3H3,(H,28,38)(H3,24,26,27,31)/t12?,14-,15-,17-,20-,37?/m1/s1. The number of para-hydroxylation sites is 1. The molecule has 0 aliphatic carbocycles. The fourth-order valence-electron chi connectivity index (χ4n) is 3.70. The zero-order chi connectivity index (χ0) is 27.6. The first-order chi connectivity index (χ1) is 18.0. The maximum absolute atomic E-state index is 15.2. The van der Waals surface area contributed by atoms with Gasteiger partial charge in [-0.25, -0.2) is 14.5 Å². The molecular formula is C22H28FN6O7PS. The Morgan fingerprint density at radius 2 is 2.08 bits per heavy atom. The third kappa shape index (κ3) is 6.20. The van der Waals surface area contributed by atoms with Crippen LogP contribution in [0.3, 0.4) is 0 Å². The third-order valence-corrected chi connectivity index (χ3v) is 7.95. The molecule has 1 saturated heterocycles. The number of H-pyrrole nitrogens is 1. The Hall–Kier alpha value is -2.94. The van der Waals surface area contributed by atoms with Crippen molar-refractivity contribution in [2.45, 2.75) is 57.5 Å². The summed E-state index contributed by atoms with van der Waals surface area (Å²) in [4.78, 5) is 34.7. The molecule has 0 spiro atoms. The molecule has 4 rings (SSSR count). The van der Waals surface area contributed by atoms with Gasteiger partial charge in [-0.3, -0.25) is 19.1 Å². The lowest BCUT2D eigenvalue weighted by atomic mass is 10.1. The number of alkyl halides is 1. The summed E-state index contributed by atoms with van der Waals surface area (Å²) in [5.41, 5.74) is 4.93. The summed E-state index contributed by atoms with van der Waals surface area (Å²) in [5, 5.41) is 13.5. The Morgan fingerprint density at radius 1 is 1.37 bits per heavy atom. The van der Waals surface area contributed by atoms with Gasteiger partial charge in [0.25, 0.3) is 5.56 Å². The van der Waals surface area contributed by atoms with Crippen molar-refractivity contribution in [2.75, 3.05) is 12.3 Å². The van der Waals surface area contributed by atoms with Crippen LogP contribution < -0.4 is 20.9 Å². The van der Waals surface area contributed by atoms with Crippen molar-refractivity contribution in [3.63, 3.8) is 0 Å². The Labute approximate surface area is 221 Å². The van der Waals surface area contributed by atoms with Crippen LogP contribution in [0, 0.1) is 0 Å². The highest BCUT2D eigenvalue weighted by Gasteiger charge is 2.47. The number of carbonyl (C=O) groups excluding carboxylic acids is 1. The third-order valence-electron chi connectivity index (χ3n) is 5.45. The van der Waals surface area contributed by atoms with E-state index in [2.05, 4.69) is 20.0 Å². The van der Waals surface area contributed by atoms with E-state index in [-0.39, 0.29) is 29.8 Å². The van der Waals surface area contributed by atoms with E-state index in [9.17, 15) is 14.7 Å². The smallest absolute Gasteiger partial charge is 0.323 e. The Kier molecular flexibility index (Phi) is 8.45. The quantitative estimate of drug-likeness (QED) is 0.205. The van der Waals surface area contributed by atoms with Gasteiger partial charge < -0.3 is 29.4 Å². The summed E-state index contributed by atoms with van der Waals surface area (Å²) in [5.74, 6) is -0.377. The minimum Gasteiger partial charge on any atom is -0.462 e. The molecule has 0 radical (unpaired) electrons. The van der Waals surface area contributed by atoms with Gasteiger partial charge in [0, 0.05) is 0 Å². The van der Waals surface area contributed by atoms with Crippen LogP contribution in [0.15, 0.2) is 41.5 Å². The van der Waals surface area contributed by atoms with Gasteiger partial charge in [0.05, 0.1) is 19.0 Å². The summed E-state index contributed by atoms with van der Waals surface area (Å²) < 4.78 is 39.1. The van der Waals surface area contributed by atoms with Gasteiger partial charge in [-0.2, -0.15) is 4.98 Å². The molecule has 13 nitrogen and oxygen atoms in total. The molecule has 1 aliphatic rings. The summed E-state index contributed by atoms with van der Waals surface area (Å²) in [6, 6.07) is 7.66. The molecule has 3 heterocycles. The zero-order valence-electron chi connectivity index (χ0n) is 20.7. The van der Waals surface area contributed by atoms with Crippen molar-refractivity contribution in [1.82, 2.24) is 24.6 Å². The predicted molar refractivity (Wildman–Crippen MR) is 139 cm³/mol. The highest BCUT2D eigenvalue weighted by molar-refractivity contribution is 8.09. The number of aliphatic hydroxyl groups excluding tert-OH is 1. The molecule has 1 aliphatic heterocycles. The maximum Gasteiger partial charge on any atom is 0.323 e. The molecule has 0 amide bonds. The van der Waals surface area contributed by atoms with E-state index >= 15 is 4.39 Å².